The van der Waals surface area contributed by atoms with Crippen LogP contribution >= 0.6 is 0 Å². The van der Waals surface area contributed by atoms with Crippen LogP contribution in [0.4, 0.5) is 27.6 Å². The molecule has 0 bridgehead atoms. The van der Waals surface area contributed by atoms with Gasteiger partial charge in [0.05, 0.1) is 17.8 Å². The average Bonchev–Trinajstić information content (AvgIpc) is 2.35. The molecule has 0 fully saturated rings. The van der Waals surface area contributed by atoms with E-state index in [0.29, 0.717) is 0 Å². The Hall–Kier alpha value is -1.86. The van der Waals surface area contributed by atoms with Crippen LogP contribution in [0.3, 0.4) is 0 Å². The van der Waals surface area contributed by atoms with E-state index in [9.17, 15) is 26.7 Å². The van der Waals surface area contributed by atoms with E-state index in [1.807, 2.05) is 0 Å². The van der Waals surface area contributed by atoms with Gasteiger partial charge in [-0.3, -0.25) is 4.79 Å². The van der Waals surface area contributed by atoms with Gasteiger partial charge in [0.2, 0.25) is 0 Å². The number of carbonyl (C=O) groups excluding carboxylic acids is 1. The van der Waals surface area contributed by atoms with Gasteiger partial charge in [0.25, 0.3) is 5.91 Å². The molecule has 0 saturated carbocycles. The zero-order valence-corrected chi connectivity index (χ0v) is 9.81. The summed E-state index contributed by atoms with van der Waals surface area (Å²) in [6, 6.07) is 3.46. The molecule has 1 amide bonds. The van der Waals surface area contributed by atoms with Crippen molar-refractivity contribution in [3.8, 4) is 0 Å². The Kier molecular flexibility index (Phi) is 4.68. The predicted molar refractivity (Wildman–Crippen MR) is 59.2 cm³/mol. The summed E-state index contributed by atoms with van der Waals surface area (Å²) in [5, 5.41) is 4.04. The van der Waals surface area contributed by atoms with E-state index < -0.39 is 30.6 Å². The molecule has 0 atom stereocenters. The minimum atomic E-state index is -4.33. The van der Waals surface area contributed by atoms with Crippen LogP contribution in [0, 0.1) is 5.82 Å². The molecule has 0 spiro atoms. The summed E-state index contributed by atoms with van der Waals surface area (Å²) in [5.41, 5.74) is -0.437. The van der Waals surface area contributed by atoms with Crippen molar-refractivity contribution in [2.75, 3.05) is 18.9 Å². The van der Waals surface area contributed by atoms with Crippen LogP contribution in [0.15, 0.2) is 18.2 Å². The molecular formula is C11H11F5N2O. The second-order valence-corrected chi connectivity index (χ2v) is 3.66. The van der Waals surface area contributed by atoms with Gasteiger partial charge in [-0.05, 0) is 12.1 Å². The van der Waals surface area contributed by atoms with Crippen molar-refractivity contribution in [3.05, 3.63) is 29.6 Å². The number of halogens is 5. The van der Waals surface area contributed by atoms with Gasteiger partial charge in [-0.1, -0.05) is 6.07 Å². The van der Waals surface area contributed by atoms with Gasteiger partial charge in [0.1, 0.15) is 5.82 Å². The van der Waals surface area contributed by atoms with Crippen molar-refractivity contribution in [2.24, 2.45) is 0 Å². The van der Waals surface area contributed by atoms with Gasteiger partial charge in [-0.2, -0.15) is 8.78 Å². The molecule has 0 saturated heterocycles. The summed E-state index contributed by atoms with van der Waals surface area (Å²) < 4.78 is 62.4. The lowest BCUT2D eigenvalue weighted by molar-refractivity contribution is -0.123. The Labute approximate surface area is 105 Å². The quantitative estimate of drug-likeness (QED) is 0.815. The predicted octanol–water partition coefficient (Wildman–Crippen LogP) is 2.50. The number of alkyl halides is 4. The molecule has 1 aromatic carbocycles. The van der Waals surface area contributed by atoms with E-state index >= 15 is 0 Å². The second kappa shape index (κ2) is 5.85. The zero-order valence-electron chi connectivity index (χ0n) is 9.81. The number of hydrogen-bond acceptors (Lipinski definition) is 2. The molecule has 1 rings (SSSR count). The lowest BCUT2D eigenvalue weighted by atomic mass is 10.1. The highest BCUT2D eigenvalue weighted by Gasteiger charge is 2.41. The Morgan fingerprint density at radius 2 is 2.00 bits per heavy atom. The van der Waals surface area contributed by atoms with E-state index in [1.165, 1.54) is 19.2 Å². The number of para-hydroxylation sites is 1. The molecule has 19 heavy (non-hydrogen) atoms. The molecule has 0 aliphatic heterocycles. The first-order chi connectivity index (χ1) is 8.79. The Morgan fingerprint density at radius 1 is 1.37 bits per heavy atom. The van der Waals surface area contributed by atoms with E-state index in [-0.39, 0.29) is 11.3 Å². The van der Waals surface area contributed by atoms with Crippen molar-refractivity contribution in [1.82, 2.24) is 5.32 Å². The van der Waals surface area contributed by atoms with Crippen LogP contribution in [-0.4, -0.2) is 31.8 Å². The molecule has 8 heteroatoms. The average molecular weight is 282 g/mol. The highest BCUT2D eigenvalue weighted by atomic mass is 19.3. The normalized spacial score (nSPS) is 11.5. The number of nitrogens with one attached hydrogen (secondary N) is 2. The number of hydrogen-bond donors (Lipinski definition) is 2. The van der Waals surface area contributed by atoms with Crippen molar-refractivity contribution < 1.29 is 26.7 Å². The van der Waals surface area contributed by atoms with Crippen LogP contribution in [0.2, 0.25) is 0 Å². The van der Waals surface area contributed by atoms with Crippen LogP contribution < -0.4 is 10.6 Å². The number of carbonyl (C=O) groups is 1. The first kappa shape index (κ1) is 15.2. The topological polar surface area (TPSA) is 41.1 Å². The van der Waals surface area contributed by atoms with Crippen molar-refractivity contribution in [1.29, 1.82) is 0 Å². The van der Waals surface area contributed by atoms with Crippen LogP contribution in [0.5, 0.6) is 0 Å². The lowest BCUT2D eigenvalue weighted by Crippen LogP contribution is -2.41. The van der Waals surface area contributed by atoms with Gasteiger partial charge >= 0.3 is 12.3 Å². The fourth-order valence-electron chi connectivity index (χ4n) is 1.34. The fraction of sp³-hybridized carbons (Fsp3) is 0.364. The number of anilines is 1. The smallest absolute Gasteiger partial charge is 0.324 e. The maximum absolute atomic E-state index is 13.3. The number of rotatable bonds is 5. The summed E-state index contributed by atoms with van der Waals surface area (Å²) in [5.74, 6) is -6.15. The number of benzene rings is 1. The van der Waals surface area contributed by atoms with Crippen LogP contribution in [-0.2, 0) is 0 Å². The Balaban J connectivity index is 2.83. The molecule has 3 nitrogen and oxygen atoms in total. The summed E-state index contributed by atoms with van der Waals surface area (Å²) in [6.45, 7) is -1.52. The molecule has 0 heterocycles. The van der Waals surface area contributed by atoms with Crippen LogP contribution in [0.25, 0.3) is 0 Å². The van der Waals surface area contributed by atoms with Gasteiger partial charge in [0, 0.05) is 7.05 Å². The standard InChI is InChI=1S/C11H11F5N2O/c1-17-8-6(3-2-4-7(8)12)9(19)18-5-11(15,16)10(13)14/h2-4,10,17H,5H2,1H3,(H,18,19). The lowest BCUT2D eigenvalue weighted by Gasteiger charge is -2.16. The number of amides is 1. The maximum atomic E-state index is 13.3. The third kappa shape index (κ3) is 3.55. The summed E-state index contributed by atoms with van der Waals surface area (Å²) in [7, 11) is 1.34. The van der Waals surface area contributed by atoms with E-state index in [0.717, 1.165) is 6.07 Å². The third-order valence-electron chi connectivity index (χ3n) is 2.31. The molecular weight excluding hydrogens is 271 g/mol. The second-order valence-electron chi connectivity index (χ2n) is 3.66. The van der Waals surface area contributed by atoms with Gasteiger partial charge in [0.15, 0.2) is 0 Å². The fourth-order valence-corrected chi connectivity index (χ4v) is 1.34. The SMILES string of the molecule is CNc1c(F)cccc1C(=O)NCC(F)(F)C(F)F. The van der Waals surface area contributed by atoms with Crippen molar-refractivity contribution in [3.63, 3.8) is 0 Å². The van der Waals surface area contributed by atoms with E-state index in [2.05, 4.69) is 5.32 Å². The van der Waals surface area contributed by atoms with E-state index in [1.54, 1.807) is 5.32 Å². The Morgan fingerprint density at radius 3 is 2.53 bits per heavy atom. The van der Waals surface area contributed by atoms with Gasteiger partial charge in [-0.15, -0.1) is 0 Å². The van der Waals surface area contributed by atoms with E-state index in [4.69, 9.17) is 0 Å². The summed E-state index contributed by atoms with van der Waals surface area (Å²) in [6.07, 6.45) is -3.89. The molecule has 106 valence electrons. The molecule has 0 aliphatic rings. The van der Waals surface area contributed by atoms with Crippen LogP contribution in [0.1, 0.15) is 10.4 Å². The summed E-state index contributed by atoms with van der Waals surface area (Å²) in [4.78, 5) is 11.5. The molecule has 0 aromatic heterocycles. The van der Waals surface area contributed by atoms with Gasteiger partial charge in [-0.25, -0.2) is 13.2 Å². The molecule has 0 unspecified atom stereocenters. The zero-order chi connectivity index (χ0) is 14.6. The minimum absolute atomic E-state index is 0.194. The summed E-state index contributed by atoms with van der Waals surface area (Å²) >= 11 is 0. The van der Waals surface area contributed by atoms with Crippen molar-refractivity contribution in [2.45, 2.75) is 12.3 Å². The minimum Gasteiger partial charge on any atom is -0.385 e. The monoisotopic (exact) mass is 282 g/mol. The molecule has 2 N–H and O–H groups in total. The molecule has 0 aliphatic carbocycles. The largest absolute Gasteiger partial charge is 0.385 e. The third-order valence-corrected chi connectivity index (χ3v) is 2.31. The molecule has 0 radical (unpaired) electrons. The Bertz CT molecular complexity index is 464. The highest BCUT2D eigenvalue weighted by molar-refractivity contribution is 5.99. The first-order valence-electron chi connectivity index (χ1n) is 5.20. The first-order valence-corrected chi connectivity index (χ1v) is 5.20. The van der Waals surface area contributed by atoms with Crippen molar-refractivity contribution >= 4 is 11.6 Å². The highest BCUT2D eigenvalue weighted by Crippen LogP contribution is 2.23. The maximum Gasteiger partial charge on any atom is 0.324 e. The van der Waals surface area contributed by atoms with Gasteiger partial charge < -0.3 is 10.6 Å². The molecule has 1 aromatic rings.